The van der Waals surface area contributed by atoms with Crippen molar-refractivity contribution >= 4 is 11.5 Å². The summed E-state index contributed by atoms with van der Waals surface area (Å²) in [6.45, 7) is 2.04. The van der Waals surface area contributed by atoms with Gasteiger partial charge in [0.25, 0.3) is 0 Å². The smallest absolute Gasteiger partial charge is 0.100 e. The minimum absolute atomic E-state index is 0.0810. The van der Waals surface area contributed by atoms with E-state index in [2.05, 4.69) is 20.6 Å². The highest BCUT2D eigenvalue weighted by atomic mass is 32.1. The second-order valence-corrected chi connectivity index (χ2v) is 5.71. The third kappa shape index (κ3) is 2.28. The Kier molecular flexibility index (Phi) is 3.57. The summed E-state index contributed by atoms with van der Waals surface area (Å²) in [5.74, 6) is 0.0810. The molecule has 2 unspecified atom stereocenters. The normalized spacial score (nSPS) is 20.0. The van der Waals surface area contributed by atoms with E-state index in [0.29, 0.717) is 0 Å². The Bertz CT molecular complexity index is 569. The number of aliphatic hydroxyl groups excluding tert-OH is 1. The first-order valence-corrected chi connectivity index (χ1v) is 7.51. The molecule has 2 aromatic rings. The van der Waals surface area contributed by atoms with Gasteiger partial charge in [-0.15, -0.1) is 5.10 Å². The Morgan fingerprint density at radius 3 is 3.26 bits per heavy atom. The summed E-state index contributed by atoms with van der Waals surface area (Å²) in [6, 6.07) is 4.09. The SMILES string of the molecule is CCc1nnsc1C(O)C1CCCc2cccnc21. The van der Waals surface area contributed by atoms with E-state index in [0.717, 1.165) is 41.9 Å². The standard InChI is InChI=1S/C14H17N3OS/c1-2-11-14(19-17-16-11)13(18)10-7-3-5-9-6-4-8-15-12(9)10/h4,6,8,10,13,18H,2-3,5,7H2,1H3. The summed E-state index contributed by atoms with van der Waals surface area (Å²) in [5.41, 5.74) is 3.24. The monoisotopic (exact) mass is 275 g/mol. The molecule has 5 heteroatoms. The number of aromatic nitrogens is 3. The second kappa shape index (κ2) is 5.35. The maximum absolute atomic E-state index is 10.7. The lowest BCUT2D eigenvalue weighted by Gasteiger charge is -2.27. The molecule has 0 aliphatic heterocycles. The van der Waals surface area contributed by atoms with Crippen LogP contribution in [0, 0.1) is 0 Å². The first kappa shape index (κ1) is 12.7. The van der Waals surface area contributed by atoms with Crippen molar-refractivity contribution in [3.8, 4) is 0 Å². The fourth-order valence-electron chi connectivity index (χ4n) is 2.82. The number of nitrogens with zero attached hydrogens (tertiary/aromatic N) is 3. The molecule has 2 heterocycles. The quantitative estimate of drug-likeness (QED) is 0.935. The van der Waals surface area contributed by atoms with Crippen LogP contribution in [0.5, 0.6) is 0 Å². The Morgan fingerprint density at radius 2 is 2.42 bits per heavy atom. The van der Waals surface area contributed by atoms with Gasteiger partial charge in [0, 0.05) is 17.8 Å². The molecule has 4 nitrogen and oxygen atoms in total. The molecule has 0 saturated carbocycles. The first-order valence-electron chi connectivity index (χ1n) is 6.74. The average Bonchev–Trinajstić information content (AvgIpc) is 2.94. The highest BCUT2D eigenvalue weighted by Crippen LogP contribution is 2.40. The van der Waals surface area contributed by atoms with Gasteiger partial charge in [0.15, 0.2) is 0 Å². The molecule has 1 aliphatic rings. The molecular formula is C14H17N3OS. The van der Waals surface area contributed by atoms with Crippen molar-refractivity contribution in [2.45, 2.75) is 44.6 Å². The summed E-state index contributed by atoms with van der Waals surface area (Å²) in [4.78, 5) is 5.40. The topological polar surface area (TPSA) is 58.9 Å². The number of hydrogen-bond acceptors (Lipinski definition) is 5. The lowest BCUT2D eigenvalue weighted by atomic mass is 9.82. The molecule has 2 atom stereocenters. The maximum Gasteiger partial charge on any atom is 0.100 e. The van der Waals surface area contributed by atoms with Crippen LogP contribution < -0.4 is 0 Å². The highest BCUT2D eigenvalue weighted by molar-refractivity contribution is 7.05. The van der Waals surface area contributed by atoms with Crippen molar-refractivity contribution in [3.63, 3.8) is 0 Å². The zero-order valence-electron chi connectivity index (χ0n) is 10.9. The van der Waals surface area contributed by atoms with Crippen molar-refractivity contribution in [1.82, 2.24) is 14.6 Å². The summed E-state index contributed by atoms with van der Waals surface area (Å²) in [6.07, 6.45) is 5.25. The lowest BCUT2D eigenvalue weighted by Crippen LogP contribution is -2.18. The minimum atomic E-state index is -0.524. The number of rotatable bonds is 3. The summed E-state index contributed by atoms with van der Waals surface area (Å²) in [5, 5.41) is 14.8. The van der Waals surface area contributed by atoms with Crippen LogP contribution in [0.4, 0.5) is 0 Å². The van der Waals surface area contributed by atoms with Gasteiger partial charge in [-0.3, -0.25) is 4.98 Å². The molecule has 0 bridgehead atoms. The van der Waals surface area contributed by atoms with Crippen molar-refractivity contribution < 1.29 is 5.11 Å². The number of fused-ring (bicyclic) bond motifs is 1. The van der Waals surface area contributed by atoms with Gasteiger partial charge in [-0.2, -0.15) is 0 Å². The molecule has 0 fully saturated rings. The molecular weight excluding hydrogens is 258 g/mol. The molecule has 100 valence electrons. The fraction of sp³-hybridized carbons (Fsp3) is 0.500. The molecule has 3 rings (SSSR count). The Balaban J connectivity index is 1.95. The minimum Gasteiger partial charge on any atom is -0.387 e. The average molecular weight is 275 g/mol. The molecule has 19 heavy (non-hydrogen) atoms. The number of aryl methyl sites for hydroxylation is 2. The van der Waals surface area contributed by atoms with Gasteiger partial charge in [0.1, 0.15) is 6.10 Å². The van der Waals surface area contributed by atoms with Crippen LogP contribution in [-0.4, -0.2) is 19.7 Å². The Labute approximate surface area is 116 Å². The molecule has 0 spiro atoms. The molecule has 2 aromatic heterocycles. The van der Waals surface area contributed by atoms with E-state index in [1.807, 2.05) is 19.2 Å². The van der Waals surface area contributed by atoms with Gasteiger partial charge >= 0.3 is 0 Å². The van der Waals surface area contributed by atoms with Crippen molar-refractivity contribution in [2.75, 3.05) is 0 Å². The van der Waals surface area contributed by atoms with E-state index >= 15 is 0 Å². The number of pyridine rings is 1. The van der Waals surface area contributed by atoms with Crippen molar-refractivity contribution in [1.29, 1.82) is 0 Å². The highest BCUT2D eigenvalue weighted by Gasteiger charge is 2.31. The number of hydrogen-bond donors (Lipinski definition) is 1. The van der Waals surface area contributed by atoms with Crippen LogP contribution in [0.3, 0.4) is 0 Å². The Morgan fingerprint density at radius 1 is 1.53 bits per heavy atom. The van der Waals surface area contributed by atoms with E-state index in [1.54, 1.807) is 0 Å². The van der Waals surface area contributed by atoms with E-state index in [4.69, 9.17) is 0 Å². The molecule has 0 amide bonds. The first-order chi connectivity index (χ1) is 9.31. The van der Waals surface area contributed by atoms with E-state index in [-0.39, 0.29) is 5.92 Å². The van der Waals surface area contributed by atoms with Crippen LogP contribution in [0.1, 0.15) is 53.6 Å². The third-order valence-corrected chi connectivity index (χ3v) is 4.65. The predicted octanol–water partition coefficient (Wildman–Crippen LogP) is 2.65. The van der Waals surface area contributed by atoms with E-state index in [9.17, 15) is 5.11 Å². The molecule has 0 radical (unpaired) electrons. The van der Waals surface area contributed by atoms with Crippen LogP contribution >= 0.6 is 11.5 Å². The van der Waals surface area contributed by atoms with Gasteiger partial charge in [-0.1, -0.05) is 17.5 Å². The lowest BCUT2D eigenvalue weighted by molar-refractivity contribution is 0.136. The van der Waals surface area contributed by atoms with E-state index < -0.39 is 6.10 Å². The van der Waals surface area contributed by atoms with Crippen LogP contribution in [-0.2, 0) is 12.8 Å². The summed E-state index contributed by atoms with van der Waals surface area (Å²) in [7, 11) is 0. The molecule has 0 saturated heterocycles. The molecule has 0 aromatic carbocycles. The van der Waals surface area contributed by atoms with Gasteiger partial charge in [0.05, 0.1) is 10.6 Å². The van der Waals surface area contributed by atoms with Gasteiger partial charge < -0.3 is 5.11 Å². The van der Waals surface area contributed by atoms with Crippen molar-refractivity contribution in [3.05, 3.63) is 40.2 Å². The van der Waals surface area contributed by atoms with Crippen molar-refractivity contribution in [2.24, 2.45) is 0 Å². The largest absolute Gasteiger partial charge is 0.387 e. The zero-order valence-corrected chi connectivity index (χ0v) is 11.7. The second-order valence-electron chi connectivity index (χ2n) is 4.93. The van der Waals surface area contributed by atoms with Gasteiger partial charge in [-0.25, -0.2) is 0 Å². The third-order valence-electron chi connectivity index (χ3n) is 3.81. The van der Waals surface area contributed by atoms with Crippen LogP contribution in [0.15, 0.2) is 18.3 Å². The van der Waals surface area contributed by atoms with Crippen LogP contribution in [0.2, 0.25) is 0 Å². The molecule has 1 aliphatic carbocycles. The molecule has 1 N–H and O–H groups in total. The van der Waals surface area contributed by atoms with Gasteiger partial charge in [0.2, 0.25) is 0 Å². The fourth-order valence-corrected chi connectivity index (χ4v) is 3.61. The predicted molar refractivity (Wildman–Crippen MR) is 74.2 cm³/mol. The summed E-state index contributed by atoms with van der Waals surface area (Å²) < 4.78 is 3.98. The summed E-state index contributed by atoms with van der Waals surface area (Å²) >= 11 is 1.31. The maximum atomic E-state index is 10.7. The Hall–Kier alpha value is -1.33. The van der Waals surface area contributed by atoms with Gasteiger partial charge in [-0.05, 0) is 48.8 Å². The zero-order chi connectivity index (χ0) is 13.2. The van der Waals surface area contributed by atoms with E-state index in [1.165, 1.54) is 17.1 Å². The number of aliphatic hydroxyl groups is 1. The van der Waals surface area contributed by atoms with Crippen LogP contribution in [0.25, 0.3) is 0 Å².